The smallest absolute Gasteiger partial charge is 0.140 e. The van der Waals surface area contributed by atoms with Gasteiger partial charge in [-0.25, -0.2) is 4.68 Å². The van der Waals surface area contributed by atoms with Crippen molar-refractivity contribution in [3.8, 4) is 11.8 Å². The van der Waals surface area contributed by atoms with Crippen molar-refractivity contribution in [1.29, 1.82) is 5.26 Å². The summed E-state index contributed by atoms with van der Waals surface area (Å²) in [6.45, 7) is 0. The predicted octanol–water partition coefficient (Wildman–Crippen LogP) is 2.05. The molecular formula is C11H10N4S. The lowest BCUT2D eigenvalue weighted by Crippen LogP contribution is -2.02. The molecular weight excluding hydrogens is 220 g/mol. The number of hydrogen-bond acceptors (Lipinski definition) is 4. The van der Waals surface area contributed by atoms with Crippen LogP contribution in [0.5, 0.6) is 0 Å². The molecule has 0 spiro atoms. The minimum atomic E-state index is 0.595. The van der Waals surface area contributed by atoms with E-state index in [0.29, 0.717) is 11.4 Å². The molecule has 80 valence electrons. The lowest BCUT2D eigenvalue weighted by Gasteiger charge is -2.04. The molecule has 0 aliphatic rings. The zero-order chi connectivity index (χ0) is 11.5. The molecule has 1 aromatic carbocycles. The molecule has 0 bridgehead atoms. The second-order valence-corrected chi connectivity index (χ2v) is 4.02. The van der Waals surface area contributed by atoms with E-state index in [1.54, 1.807) is 34.8 Å². The number of benzene rings is 1. The standard InChI is InChI=1S/C11H10N4S/c1-16-10-7-14-15(11(10)13)9-4-2-3-8(5-9)6-12/h2-5,7H,13H2,1H3. The molecule has 16 heavy (non-hydrogen) atoms. The minimum absolute atomic E-state index is 0.595. The van der Waals surface area contributed by atoms with Crippen LogP contribution in [0.3, 0.4) is 0 Å². The quantitative estimate of drug-likeness (QED) is 0.802. The fourth-order valence-electron chi connectivity index (χ4n) is 1.41. The highest BCUT2D eigenvalue weighted by Crippen LogP contribution is 2.24. The molecule has 0 saturated heterocycles. The Balaban J connectivity index is 2.51. The normalized spacial score (nSPS) is 10.0. The summed E-state index contributed by atoms with van der Waals surface area (Å²) < 4.78 is 1.63. The van der Waals surface area contributed by atoms with Crippen LogP contribution in [-0.2, 0) is 0 Å². The molecule has 0 radical (unpaired) electrons. The summed E-state index contributed by atoms with van der Waals surface area (Å²) in [7, 11) is 0. The summed E-state index contributed by atoms with van der Waals surface area (Å²) in [6.07, 6.45) is 3.67. The van der Waals surface area contributed by atoms with Gasteiger partial charge in [0.2, 0.25) is 0 Å². The number of anilines is 1. The fourth-order valence-corrected chi connectivity index (χ4v) is 1.86. The van der Waals surface area contributed by atoms with Crippen molar-refractivity contribution in [3.63, 3.8) is 0 Å². The summed E-state index contributed by atoms with van der Waals surface area (Å²) in [5.41, 5.74) is 7.33. The summed E-state index contributed by atoms with van der Waals surface area (Å²) in [5.74, 6) is 0.600. The van der Waals surface area contributed by atoms with Gasteiger partial charge in [-0.2, -0.15) is 10.4 Å². The van der Waals surface area contributed by atoms with Crippen molar-refractivity contribution < 1.29 is 0 Å². The average molecular weight is 230 g/mol. The van der Waals surface area contributed by atoms with Crippen molar-refractivity contribution in [3.05, 3.63) is 36.0 Å². The number of nitrogens with zero attached hydrogens (tertiary/aromatic N) is 3. The lowest BCUT2D eigenvalue weighted by molar-refractivity contribution is 0.890. The maximum atomic E-state index is 8.81. The number of rotatable bonds is 2. The molecule has 0 saturated carbocycles. The topological polar surface area (TPSA) is 67.6 Å². The zero-order valence-electron chi connectivity index (χ0n) is 8.71. The first kappa shape index (κ1) is 10.6. The Labute approximate surface area is 97.7 Å². The predicted molar refractivity (Wildman–Crippen MR) is 64.5 cm³/mol. The molecule has 0 fully saturated rings. The molecule has 0 unspecified atom stereocenters. The van der Waals surface area contributed by atoms with E-state index >= 15 is 0 Å². The Morgan fingerprint density at radius 2 is 2.31 bits per heavy atom. The Hall–Kier alpha value is -1.93. The van der Waals surface area contributed by atoms with Crippen LogP contribution in [0.4, 0.5) is 5.82 Å². The van der Waals surface area contributed by atoms with Crippen LogP contribution in [0, 0.1) is 11.3 Å². The largest absolute Gasteiger partial charge is 0.383 e. The van der Waals surface area contributed by atoms with Gasteiger partial charge >= 0.3 is 0 Å². The SMILES string of the molecule is CSc1cnn(-c2cccc(C#N)c2)c1N. The van der Waals surface area contributed by atoms with Crippen LogP contribution in [-0.4, -0.2) is 16.0 Å². The van der Waals surface area contributed by atoms with Gasteiger partial charge in [0, 0.05) is 0 Å². The summed E-state index contributed by atoms with van der Waals surface area (Å²) >= 11 is 1.55. The monoisotopic (exact) mass is 230 g/mol. The molecule has 5 heteroatoms. The van der Waals surface area contributed by atoms with E-state index in [2.05, 4.69) is 11.2 Å². The molecule has 4 nitrogen and oxygen atoms in total. The molecule has 0 aliphatic heterocycles. The summed E-state index contributed by atoms with van der Waals surface area (Å²) in [6, 6.07) is 9.28. The molecule has 1 aromatic heterocycles. The Morgan fingerprint density at radius 3 is 2.94 bits per heavy atom. The van der Waals surface area contributed by atoms with Crippen LogP contribution in [0.2, 0.25) is 0 Å². The van der Waals surface area contributed by atoms with E-state index in [1.807, 2.05) is 18.4 Å². The van der Waals surface area contributed by atoms with Gasteiger partial charge in [0.05, 0.1) is 28.4 Å². The van der Waals surface area contributed by atoms with Gasteiger partial charge in [0.25, 0.3) is 0 Å². The highest BCUT2D eigenvalue weighted by atomic mass is 32.2. The Morgan fingerprint density at radius 1 is 1.50 bits per heavy atom. The van der Waals surface area contributed by atoms with Crippen LogP contribution in [0.1, 0.15) is 5.56 Å². The number of nitriles is 1. The van der Waals surface area contributed by atoms with Gasteiger partial charge in [-0.1, -0.05) is 6.07 Å². The second kappa shape index (κ2) is 4.29. The van der Waals surface area contributed by atoms with E-state index in [4.69, 9.17) is 11.0 Å². The van der Waals surface area contributed by atoms with E-state index in [9.17, 15) is 0 Å². The molecule has 2 N–H and O–H groups in total. The number of aromatic nitrogens is 2. The third-order valence-electron chi connectivity index (χ3n) is 2.21. The van der Waals surface area contributed by atoms with Crippen LogP contribution in [0.25, 0.3) is 5.69 Å². The first-order chi connectivity index (χ1) is 7.76. The van der Waals surface area contributed by atoms with Crippen LogP contribution >= 0.6 is 11.8 Å². The van der Waals surface area contributed by atoms with Crippen LogP contribution in [0.15, 0.2) is 35.4 Å². The van der Waals surface area contributed by atoms with Crippen molar-refractivity contribution in [2.45, 2.75) is 4.90 Å². The van der Waals surface area contributed by atoms with Gasteiger partial charge in [-0.05, 0) is 24.5 Å². The summed E-state index contributed by atoms with van der Waals surface area (Å²) in [4.78, 5) is 0.933. The van der Waals surface area contributed by atoms with Crippen molar-refractivity contribution >= 4 is 17.6 Å². The Kier molecular flexibility index (Phi) is 2.84. The molecule has 1 heterocycles. The Bertz CT molecular complexity index is 553. The molecule has 2 rings (SSSR count). The molecule has 0 atom stereocenters. The number of nitrogens with two attached hydrogens (primary N) is 1. The molecule has 0 aliphatic carbocycles. The number of nitrogen functional groups attached to an aromatic ring is 1. The number of hydrogen-bond donors (Lipinski definition) is 1. The van der Waals surface area contributed by atoms with E-state index in [1.165, 1.54) is 0 Å². The highest BCUT2D eigenvalue weighted by Gasteiger charge is 2.08. The molecule has 0 amide bonds. The minimum Gasteiger partial charge on any atom is -0.383 e. The number of thioether (sulfide) groups is 1. The fraction of sp³-hybridized carbons (Fsp3) is 0.0909. The maximum Gasteiger partial charge on any atom is 0.140 e. The van der Waals surface area contributed by atoms with Gasteiger partial charge in [-0.3, -0.25) is 0 Å². The zero-order valence-corrected chi connectivity index (χ0v) is 9.53. The van der Waals surface area contributed by atoms with E-state index < -0.39 is 0 Å². The summed E-state index contributed by atoms with van der Waals surface area (Å²) in [5, 5.41) is 13.0. The molecule has 2 aromatic rings. The third kappa shape index (κ3) is 1.75. The van der Waals surface area contributed by atoms with Gasteiger partial charge in [0.1, 0.15) is 5.82 Å². The van der Waals surface area contributed by atoms with Gasteiger partial charge < -0.3 is 5.73 Å². The maximum absolute atomic E-state index is 8.81. The second-order valence-electron chi connectivity index (χ2n) is 3.17. The third-order valence-corrected chi connectivity index (χ3v) is 2.97. The van der Waals surface area contributed by atoms with Crippen molar-refractivity contribution in [2.75, 3.05) is 12.0 Å². The lowest BCUT2D eigenvalue weighted by atomic mass is 10.2. The first-order valence-electron chi connectivity index (χ1n) is 4.64. The van der Waals surface area contributed by atoms with Crippen molar-refractivity contribution in [1.82, 2.24) is 9.78 Å². The van der Waals surface area contributed by atoms with Crippen LogP contribution < -0.4 is 5.73 Å². The van der Waals surface area contributed by atoms with Gasteiger partial charge in [0.15, 0.2) is 0 Å². The average Bonchev–Trinajstić information content (AvgIpc) is 2.70. The van der Waals surface area contributed by atoms with E-state index in [0.717, 1.165) is 10.6 Å². The first-order valence-corrected chi connectivity index (χ1v) is 5.86. The van der Waals surface area contributed by atoms with Crippen molar-refractivity contribution in [2.24, 2.45) is 0 Å². The van der Waals surface area contributed by atoms with E-state index in [-0.39, 0.29) is 0 Å². The highest BCUT2D eigenvalue weighted by molar-refractivity contribution is 7.98. The van der Waals surface area contributed by atoms with Gasteiger partial charge in [-0.15, -0.1) is 11.8 Å².